The van der Waals surface area contributed by atoms with Crippen LogP contribution in [-0.2, 0) is 25.6 Å². The molecule has 3 aromatic carbocycles. The number of carbonyl (C=O) groups is 1. The molecular weight excluding hydrogens is 520 g/mol. The number of methoxy groups -OCH3 is 1. The van der Waals surface area contributed by atoms with Gasteiger partial charge in [-0.05, 0) is 107 Å². The summed E-state index contributed by atoms with van der Waals surface area (Å²) < 4.78 is 29.9. The van der Waals surface area contributed by atoms with Crippen LogP contribution in [0, 0.1) is 19.8 Å². The molecule has 41 heavy (non-hydrogen) atoms. The van der Waals surface area contributed by atoms with E-state index in [2.05, 4.69) is 62.4 Å². The number of rotatable bonds is 9. The Bertz CT molecular complexity index is 1460. The van der Waals surface area contributed by atoms with Crippen LogP contribution in [0.5, 0.6) is 11.5 Å². The van der Waals surface area contributed by atoms with Gasteiger partial charge < -0.3 is 28.8 Å². The molecule has 3 aromatic rings. The second-order valence-electron chi connectivity index (χ2n) is 11.9. The molecule has 0 radical (unpaired) electrons. The molecule has 2 heterocycles. The minimum absolute atomic E-state index is 0.0415. The summed E-state index contributed by atoms with van der Waals surface area (Å²) in [5.41, 5.74) is 8.18. The van der Waals surface area contributed by atoms with Gasteiger partial charge in [-0.2, -0.15) is 0 Å². The van der Waals surface area contributed by atoms with E-state index in [1.54, 1.807) is 7.11 Å². The molecule has 2 unspecified atom stereocenters. The van der Waals surface area contributed by atoms with Crippen molar-refractivity contribution in [3.63, 3.8) is 0 Å². The van der Waals surface area contributed by atoms with Gasteiger partial charge >= 0.3 is 5.97 Å². The van der Waals surface area contributed by atoms with E-state index in [9.17, 15) is 9.90 Å². The minimum Gasteiger partial charge on any atom is -0.489 e. The normalized spacial score (nSPS) is 29.1. The molecule has 2 aliphatic carbocycles. The average molecular weight is 557 g/mol. The summed E-state index contributed by atoms with van der Waals surface area (Å²) >= 11 is 0. The topological polar surface area (TPSA) is 83.5 Å². The van der Waals surface area contributed by atoms with Crippen molar-refractivity contribution >= 4 is 5.97 Å². The zero-order valence-electron chi connectivity index (χ0n) is 23.7. The molecule has 0 bridgehead atoms. The summed E-state index contributed by atoms with van der Waals surface area (Å²) in [5, 5.41) is 9.31. The Labute approximate surface area is 240 Å². The van der Waals surface area contributed by atoms with Gasteiger partial charge in [0.2, 0.25) is 0 Å². The lowest BCUT2D eigenvalue weighted by molar-refractivity contribution is -0.137. The predicted molar refractivity (Wildman–Crippen MR) is 153 cm³/mol. The first-order valence-electron chi connectivity index (χ1n) is 14.5. The van der Waals surface area contributed by atoms with E-state index in [1.807, 2.05) is 6.07 Å². The molecule has 3 fully saturated rings. The standard InChI is InChI=1S/C34H36O7/c1-18-9-23(41-30-17-40-33-29(37-3)16-39-34(30)33)10-19(2)32(18)21-6-4-5-20(11-21)15-38-22-7-8-24-25(12-22)26-13-27(26)28(24)14-31(35)36/h4-12,26-30,33-34H,13-17H2,1-3H3,(H,35,36)/t26-,27-,28+,29-,30+,33?,34?/m1/s1. The number of carboxylic acids is 1. The van der Waals surface area contributed by atoms with Gasteiger partial charge in [0, 0.05) is 7.11 Å². The summed E-state index contributed by atoms with van der Waals surface area (Å²) in [4.78, 5) is 11.3. The monoisotopic (exact) mass is 556 g/mol. The highest BCUT2D eigenvalue weighted by Crippen LogP contribution is 2.64. The van der Waals surface area contributed by atoms with Crippen molar-refractivity contribution in [2.24, 2.45) is 5.92 Å². The van der Waals surface area contributed by atoms with Gasteiger partial charge in [0.1, 0.15) is 36.4 Å². The van der Waals surface area contributed by atoms with Crippen LogP contribution >= 0.6 is 0 Å². The molecule has 7 nitrogen and oxygen atoms in total. The third kappa shape index (κ3) is 4.90. The first-order valence-corrected chi connectivity index (χ1v) is 14.5. The van der Waals surface area contributed by atoms with Crippen LogP contribution in [0.1, 0.15) is 52.5 Å². The van der Waals surface area contributed by atoms with E-state index < -0.39 is 5.97 Å². The number of benzene rings is 3. The van der Waals surface area contributed by atoms with Crippen molar-refractivity contribution in [3.8, 4) is 22.6 Å². The van der Waals surface area contributed by atoms with E-state index in [0.29, 0.717) is 31.7 Å². The molecular formula is C34H36O7. The molecule has 0 spiro atoms. The number of carboxylic acid groups (broad SMARTS) is 1. The Balaban J connectivity index is 1.03. The molecule has 2 saturated heterocycles. The van der Waals surface area contributed by atoms with Crippen LogP contribution < -0.4 is 9.47 Å². The predicted octanol–water partition coefficient (Wildman–Crippen LogP) is 5.78. The molecule has 7 atom stereocenters. The van der Waals surface area contributed by atoms with Gasteiger partial charge in [-0.1, -0.05) is 24.3 Å². The molecule has 0 amide bonds. The Morgan fingerprint density at radius 2 is 1.68 bits per heavy atom. The third-order valence-electron chi connectivity index (χ3n) is 9.29. The van der Waals surface area contributed by atoms with Crippen molar-refractivity contribution < 1.29 is 33.6 Å². The minimum atomic E-state index is -0.720. The Hall–Kier alpha value is -3.39. The fourth-order valence-electron chi connectivity index (χ4n) is 7.34. The van der Waals surface area contributed by atoms with Crippen molar-refractivity contribution in [2.45, 2.75) is 69.5 Å². The van der Waals surface area contributed by atoms with Crippen LogP contribution in [-0.4, -0.2) is 55.8 Å². The Morgan fingerprint density at radius 3 is 2.44 bits per heavy atom. The van der Waals surface area contributed by atoms with Crippen LogP contribution in [0.4, 0.5) is 0 Å². The van der Waals surface area contributed by atoms with Crippen molar-refractivity contribution in [1.29, 1.82) is 0 Å². The first-order chi connectivity index (χ1) is 19.9. The number of hydrogen-bond donors (Lipinski definition) is 1. The fraction of sp³-hybridized carbons (Fsp3) is 0.441. The van der Waals surface area contributed by atoms with Gasteiger partial charge in [0.05, 0.1) is 19.6 Å². The zero-order chi connectivity index (χ0) is 28.2. The highest BCUT2D eigenvalue weighted by molar-refractivity contribution is 5.72. The number of hydrogen-bond acceptors (Lipinski definition) is 6. The third-order valence-corrected chi connectivity index (χ3v) is 9.29. The summed E-state index contributed by atoms with van der Waals surface area (Å²) in [6.07, 6.45) is 0.925. The van der Waals surface area contributed by atoms with Crippen LogP contribution in [0.25, 0.3) is 11.1 Å². The van der Waals surface area contributed by atoms with Gasteiger partial charge in [-0.3, -0.25) is 4.79 Å². The Morgan fingerprint density at radius 1 is 0.927 bits per heavy atom. The highest BCUT2D eigenvalue weighted by Gasteiger charge is 2.52. The molecule has 1 N–H and O–H groups in total. The second kappa shape index (κ2) is 10.5. The Kier molecular flexibility index (Phi) is 6.76. The molecule has 7 heteroatoms. The van der Waals surface area contributed by atoms with E-state index in [-0.39, 0.29) is 36.8 Å². The molecule has 7 rings (SSSR count). The maximum absolute atomic E-state index is 11.3. The van der Waals surface area contributed by atoms with Crippen LogP contribution in [0.3, 0.4) is 0 Å². The van der Waals surface area contributed by atoms with E-state index in [0.717, 1.165) is 40.2 Å². The second-order valence-corrected chi connectivity index (χ2v) is 11.9. The summed E-state index contributed by atoms with van der Waals surface area (Å²) in [6.45, 7) is 5.72. The zero-order valence-corrected chi connectivity index (χ0v) is 23.7. The molecule has 214 valence electrons. The van der Waals surface area contributed by atoms with Gasteiger partial charge in [-0.15, -0.1) is 0 Å². The quantitative estimate of drug-likeness (QED) is 0.358. The maximum Gasteiger partial charge on any atom is 0.303 e. The van der Waals surface area contributed by atoms with E-state index >= 15 is 0 Å². The van der Waals surface area contributed by atoms with Gasteiger partial charge in [-0.25, -0.2) is 0 Å². The fourth-order valence-corrected chi connectivity index (χ4v) is 7.34. The lowest BCUT2D eigenvalue weighted by Gasteiger charge is -2.20. The smallest absolute Gasteiger partial charge is 0.303 e. The van der Waals surface area contributed by atoms with E-state index in [4.69, 9.17) is 23.7 Å². The number of fused-ring (bicyclic) bond motifs is 4. The van der Waals surface area contributed by atoms with Crippen LogP contribution in [0.15, 0.2) is 54.6 Å². The largest absolute Gasteiger partial charge is 0.489 e. The number of ether oxygens (including phenoxy) is 5. The molecule has 0 aromatic heterocycles. The molecule has 2 aliphatic heterocycles. The van der Waals surface area contributed by atoms with Crippen molar-refractivity contribution in [2.75, 3.05) is 20.3 Å². The summed E-state index contributed by atoms with van der Waals surface area (Å²) in [6, 6.07) is 18.9. The first kappa shape index (κ1) is 26.5. The van der Waals surface area contributed by atoms with Gasteiger partial charge in [0.15, 0.2) is 6.10 Å². The number of aliphatic carboxylic acids is 1. The SMILES string of the molecule is CO[C@@H]1COC2C1OC[C@@H]2Oc1cc(C)c(-c2cccc(COc3ccc4c(c3)[C@H]3C[C@H]3[C@H]4CC(=O)O)c2)c(C)c1. The average Bonchev–Trinajstić information content (AvgIpc) is 3.34. The molecule has 4 aliphatic rings. The summed E-state index contributed by atoms with van der Waals surface area (Å²) in [5.74, 6) is 2.06. The summed E-state index contributed by atoms with van der Waals surface area (Å²) in [7, 11) is 1.69. The molecule has 1 saturated carbocycles. The lowest BCUT2D eigenvalue weighted by atomic mass is 9.93. The van der Waals surface area contributed by atoms with Gasteiger partial charge in [0.25, 0.3) is 0 Å². The number of aryl methyl sites for hydroxylation is 2. The van der Waals surface area contributed by atoms with Crippen molar-refractivity contribution in [3.05, 3.63) is 82.4 Å². The van der Waals surface area contributed by atoms with Crippen LogP contribution in [0.2, 0.25) is 0 Å². The highest BCUT2D eigenvalue weighted by atomic mass is 16.6. The maximum atomic E-state index is 11.3. The lowest BCUT2D eigenvalue weighted by Crippen LogP contribution is -2.35. The van der Waals surface area contributed by atoms with E-state index in [1.165, 1.54) is 16.7 Å². The van der Waals surface area contributed by atoms with Crippen molar-refractivity contribution in [1.82, 2.24) is 0 Å².